The highest BCUT2D eigenvalue weighted by Gasteiger charge is 2.32. The van der Waals surface area contributed by atoms with Gasteiger partial charge in [0.15, 0.2) is 0 Å². The molecule has 0 spiro atoms. The van der Waals surface area contributed by atoms with Gasteiger partial charge in [-0.25, -0.2) is 9.37 Å². The van der Waals surface area contributed by atoms with Crippen LogP contribution in [0, 0.1) is 0 Å². The number of likely N-dealkylation sites (tertiary alicyclic amines) is 1. The van der Waals surface area contributed by atoms with Crippen molar-refractivity contribution in [3.8, 4) is 0 Å². The van der Waals surface area contributed by atoms with E-state index in [0.29, 0.717) is 32.5 Å². The van der Waals surface area contributed by atoms with E-state index in [9.17, 15) is 9.18 Å². The molecule has 7 heteroatoms. The van der Waals surface area contributed by atoms with Gasteiger partial charge in [0.05, 0.1) is 13.0 Å². The number of hydrogen-bond donors (Lipinski definition) is 1. The van der Waals surface area contributed by atoms with Gasteiger partial charge in [-0.2, -0.15) is 0 Å². The zero-order chi connectivity index (χ0) is 16.2. The first-order chi connectivity index (χ1) is 11.1. The highest BCUT2D eigenvalue weighted by Crippen LogP contribution is 2.22. The molecule has 23 heavy (non-hydrogen) atoms. The van der Waals surface area contributed by atoms with Gasteiger partial charge in [0.25, 0.3) is 0 Å². The van der Waals surface area contributed by atoms with Crippen molar-refractivity contribution in [2.75, 3.05) is 13.1 Å². The first-order valence-electron chi connectivity index (χ1n) is 7.75. The quantitative estimate of drug-likeness (QED) is 0.874. The molecule has 0 aromatic carbocycles. The second-order valence-electron chi connectivity index (χ2n) is 5.93. The average molecular weight is 336 g/mol. The number of rotatable bonds is 6. The van der Waals surface area contributed by atoms with Gasteiger partial charge >= 0.3 is 0 Å². The molecule has 2 aromatic heterocycles. The first kappa shape index (κ1) is 16.1. The molecule has 0 unspecified atom stereocenters. The molecule has 2 atom stereocenters. The Kier molecular flexibility index (Phi) is 5.07. The zero-order valence-electron chi connectivity index (χ0n) is 13.1. The van der Waals surface area contributed by atoms with Crippen LogP contribution in [0.4, 0.5) is 4.39 Å². The number of aromatic nitrogens is 2. The van der Waals surface area contributed by atoms with E-state index >= 15 is 0 Å². The average Bonchev–Trinajstić information content (AvgIpc) is 3.22. The summed E-state index contributed by atoms with van der Waals surface area (Å²) in [5, 5.41) is 4.90. The van der Waals surface area contributed by atoms with Crippen molar-refractivity contribution in [2.24, 2.45) is 7.05 Å². The molecule has 1 amide bonds. The van der Waals surface area contributed by atoms with Crippen LogP contribution in [0.1, 0.15) is 17.1 Å². The number of amides is 1. The summed E-state index contributed by atoms with van der Waals surface area (Å²) in [4.78, 5) is 19.4. The molecular weight excluding hydrogens is 315 g/mol. The number of halogens is 1. The van der Waals surface area contributed by atoms with E-state index in [1.807, 2.05) is 35.3 Å². The smallest absolute Gasteiger partial charge is 0.225 e. The van der Waals surface area contributed by atoms with Crippen LogP contribution < -0.4 is 5.32 Å². The van der Waals surface area contributed by atoms with Gasteiger partial charge in [0.1, 0.15) is 12.0 Å². The van der Waals surface area contributed by atoms with Crippen LogP contribution in [0.5, 0.6) is 0 Å². The molecule has 1 aliphatic heterocycles. The zero-order valence-corrected chi connectivity index (χ0v) is 13.9. The summed E-state index contributed by atoms with van der Waals surface area (Å²) in [5.74, 6) is 0.903. The van der Waals surface area contributed by atoms with Crippen LogP contribution in [-0.2, 0) is 24.8 Å². The maximum Gasteiger partial charge on any atom is 0.225 e. The van der Waals surface area contributed by atoms with E-state index in [2.05, 4.69) is 15.2 Å². The van der Waals surface area contributed by atoms with E-state index in [0.717, 1.165) is 10.7 Å². The second-order valence-corrected chi connectivity index (χ2v) is 6.96. The highest BCUT2D eigenvalue weighted by atomic mass is 32.1. The minimum atomic E-state index is -0.838. The van der Waals surface area contributed by atoms with Crippen LogP contribution in [0.2, 0.25) is 0 Å². The fraction of sp³-hybridized carbons (Fsp3) is 0.500. The van der Waals surface area contributed by atoms with Gasteiger partial charge in [-0.3, -0.25) is 9.69 Å². The molecular formula is C16H21FN4OS. The Morgan fingerprint density at radius 2 is 2.43 bits per heavy atom. The molecule has 3 heterocycles. The normalized spacial score (nSPS) is 21.7. The van der Waals surface area contributed by atoms with Crippen molar-refractivity contribution >= 4 is 17.2 Å². The lowest BCUT2D eigenvalue weighted by Gasteiger charge is -2.23. The number of hydrogen-bond acceptors (Lipinski definition) is 4. The summed E-state index contributed by atoms with van der Waals surface area (Å²) in [7, 11) is 1.93. The Labute approximate surface area is 139 Å². The van der Waals surface area contributed by atoms with Crippen LogP contribution >= 0.6 is 11.3 Å². The summed E-state index contributed by atoms with van der Waals surface area (Å²) in [6, 6.07) is 3.91. The molecule has 3 rings (SSSR count). The molecule has 1 saturated heterocycles. The number of carbonyl (C=O) groups is 1. The van der Waals surface area contributed by atoms with E-state index in [1.54, 1.807) is 17.5 Å². The maximum atomic E-state index is 13.8. The van der Waals surface area contributed by atoms with Crippen molar-refractivity contribution in [3.63, 3.8) is 0 Å². The van der Waals surface area contributed by atoms with E-state index in [1.165, 1.54) is 0 Å². The van der Waals surface area contributed by atoms with Gasteiger partial charge < -0.3 is 9.88 Å². The topological polar surface area (TPSA) is 50.2 Å². The fourth-order valence-corrected chi connectivity index (χ4v) is 3.63. The molecule has 1 fully saturated rings. The molecule has 0 aliphatic carbocycles. The number of nitrogens with one attached hydrogen (secondary N) is 1. The molecule has 0 saturated carbocycles. The molecule has 2 aromatic rings. The third-order valence-electron chi connectivity index (χ3n) is 4.19. The number of thiophene rings is 1. The Morgan fingerprint density at radius 3 is 3.13 bits per heavy atom. The Balaban J connectivity index is 1.53. The van der Waals surface area contributed by atoms with E-state index in [-0.39, 0.29) is 11.9 Å². The predicted octanol–water partition coefficient (Wildman–Crippen LogP) is 1.75. The molecule has 0 bridgehead atoms. The molecule has 1 aliphatic rings. The standard InChI is InChI=1S/C16H21FN4OS/c1-20-5-4-18-15(20)11-21-10-12(17)7-13(21)9-19-16(22)8-14-3-2-6-23-14/h2-6,12-13H,7-11H2,1H3,(H,19,22)/t12-,13-/m0/s1. The predicted molar refractivity (Wildman–Crippen MR) is 88.0 cm³/mol. The summed E-state index contributed by atoms with van der Waals surface area (Å²) in [6.45, 7) is 1.49. The fourth-order valence-electron chi connectivity index (χ4n) is 2.92. The third kappa shape index (κ3) is 4.17. The Morgan fingerprint density at radius 1 is 1.57 bits per heavy atom. The van der Waals surface area contributed by atoms with Crippen LogP contribution in [0.25, 0.3) is 0 Å². The van der Waals surface area contributed by atoms with Gasteiger partial charge in [0, 0.05) is 43.4 Å². The summed E-state index contributed by atoms with van der Waals surface area (Å²) in [6.07, 6.45) is 3.65. The minimum absolute atomic E-state index is 0.00769. The molecule has 124 valence electrons. The summed E-state index contributed by atoms with van der Waals surface area (Å²) < 4.78 is 15.7. The van der Waals surface area contributed by atoms with Crippen molar-refractivity contribution < 1.29 is 9.18 Å². The van der Waals surface area contributed by atoms with Crippen LogP contribution in [0.15, 0.2) is 29.9 Å². The van der Waals surface area contributed by atoms with Crippen molar-refractivity contribution in [1.29, 1.82) is 0 Å². The molecule has 0 radical (unpaired) electrons. The van der Waals surface area contributed by atoms with Gasteiger partial charge in [-0.1, -0.05) is 6.07 Å². The van der Waals surface area contributed by atoms with Crippen LogP contribution in [0.3, 0.4) is 0 Å². The first-order valence-corrected chi connectivity index (χ1v) is 8.63. The number of nitrogens with zero attached hydrogens (tertiary/aromatic N) is 3. The lowest BCUT2D eigenvalue weighted by Crippen LogP contribution is -2.40. The van der Waals surface area contributed by atoms with Crippen LogP contribution in [-0.4, -0.2) is 45.7 Å². The van der Waals surface area contributed by atoms with Gasteiger partial charge in [-0.15, -0.1) is 11.3 Å². The minimum Gasteiger partial charge on any atom is -0.354 e. The van der Waals surface area contributed by atoms with Gasteiger partial charge in [0.2, 0.25) is 5.91 Å². The lowest BCUT2D eigenvalue weighted by molar-refractivity contribution is -0.120. The van der Waals surface area contributed by atoms with E-state index in [4.69, 9.17) is 0 Å². The Hall–Kier alpha value is -1.73. The number of aryl methyl sites for hydroxylation is 1. The lowest BCUT2D eigenvalue weighted by atomic mass is 10.2. The molecule has 5 nitrogen and oxygen atoms in total. The van der Waals surface area contributed by atoms with Crippen molar-refractivity contribution in [2.45, 2.75) is 31.6 Å². The number of alkyl halides is 1. The maximum absolute atomic E-state index is 13.8. The largest absolute Gasteiger partial charge is 0.354 e. The SMILES string of the molecule is Cn1ccnc1CN1C[C@@H](F)C[C@H]1CNC(=O)Cc1cccs1. The Bertz CT molecular complexity index is 642. The van der Waals surface area contributed by atoms with E-state index < -0.39 is 6.17 Å². The van der Waals surface area contributed by atoms with Crippen molar-refractivity contribution in [1.82, 2.24) is 19.8 Å². The molecule has 1 N–H and O–H groups in total. The monoisotopic (exact) mass is 336 g/mol. The summed E-state index contributed by atoms with van der Waals surface area (Å²) in [5.41, 5.74) is 0. The number of imidazole rings is 1. The number of carbonyl (C=O) groups excluding carboxylic acids is 1. The third-order valence-corrected chi connectivity index (χ3v) is 5.07. The van der Waals surface area contributed by atoms with Crippen molar-refractivity contribution in [3.05, 3.63) is 40.6 Å². The second kappa shape index (κ2) is 7.23. The highest BCUT2D eigenvalue weighted by molar-refractivity contribution is 7.10. The summed E-state index contributed by atoms with van der Waals surface area (Å²) >= 11 is 1.57. The van der Waals surface area contributed by atoms with Gasteiger partial charge in [-0.05, 0) is 17.9 Å².